The molecule has 0 radical (unpaired) electrons. The first-order valence-corrected chi connectivity index (χ1v) is 7.95. The van der Waals surface area contributed by atoms with E-state index in [1.54, 1.807) is 12.1 Å². The van der Waals surface area contributed by atoms with Crippen LogP contribution in [0.5, 0.6) is 0 Å². The highest BCUT2D eigenvalue weighted by Crippen LogP contribution is 2.27. The number of carbonyl (C=O) groups is 2. The molecule has 1 heterocycles. The van der Waals surface area contributed by atoms with Crippen molar-refractivity contribution in [2.45, 2.75) is 0 Å². The van der Waals surface area contributed by atoms with Gasteiger partial charge in [0.15, 0.2) is 6.61 Å². The molecule has 0 aliphatic carbocycles. The average Bonchev–Trinajstić information content (AvgIpc) is 2.58. The van der Waals surface area contributed by atoms with Gasteiger partial charge in [0, 0.05) is 15.4 Å². The Balaban J connectivity index is 2.12. The van der Waals surface area contributed by atoms with Crippen molar-refractivity contribution in [3.8, 4) is 11.3 Å². The summed E-state index contributed by atoms with van der Waals surface area (Å²) in [4.78, 5) is 27.8. The summed E-state index contributed by atoms with van der Waals surface area (Å²) >= 11 is 3.43. The number of hydrogen-bond donors (Lipinski definition) is 1. The molecule has 3 rings (SSSR count). The predicted molar refractivity (Wildman–Crippen MR) is 94.4 cm³/mol. The van der Waals surface area contributed by atoms with Crippen molar-refractivity contribution in [2.75, 3.05) is 6.61 Å². The van der Waals surface area contributed by atoms with Crippen LogP contribution in [0.15, 0.2) is 59.1 Å². The number of rotatable bonds is 4. The van der Waals surface area contributed by atoms with Crippen LogP contribution in [0, 0.1) is 0 Å². The lowest BCUT2D eigenvalue weighted by atomic mass is 10.0. The Morgan fingerprint density at radius 2 is 1.88 bits per heavy atom. The number of halogens is 1. The van der Waals surface area contributed by atoms with Crippen LogP contribution in [-0.4, -0.2) is 23.5 Å². The van der Waals surface area contributed by atoms with Crippen LogP contribution in [0.3, 0.4) is 0 Å². The van der Waals surface area contributed by atoms with E-state index in [4.69, 9.17) is 10.5 Å². The van der Waals surface area contributed by atoms with Gasteiger partial charge < -0.3 is 10.5 Å². The Bertz CT molecular complexity index is 940. The summed E-state index contributed by atoms with van der Waals surface area (Å²) in [5.74, 6) is -1.31. The molecule has 6 heteroatoms. The molecule has 1 amide bonds. The number of ether oxygens (including phenoxy) is 1. The summed E-state index contributed by atoms with van der Waals surface area (Å²) in [6.07, 6.45) is 0. The molecule has 0 saturated heterocycles. The third-order valence-corrected chi connectivity index (χ3v) is 3.90. The van der Waals surface area contributed by atoms with E-state index in [0.717, 1.165) is 10.0 Å². The summed E-state index contributed by atoms with van der Waals surface area (Å²) in [6, 6.07) is 16.5. The number of nitrogens with two attached hydrogens (primary N) is 1. The number of para-hydroxylation sites is 1. The fourth-order valence-corrected chi connectivity index (χ4v) is 2.75. The number of amides is 1. The molecule has 0 atom stereocenters. The lowest BCUT2D eigenvalue weighted by Gasteiger charge is -2.09. The van der Waals surface area contributed by atoms with Crippen LogP contribution in [0.1, 0.15) is 10.4 Å². The maximum atomic E-state index is 12.3. The van der Waals surface area contributed by atoms with Gasteiger partial charge in [0.2, 0.25) is 0 Å². The van der Waals surface area contributed by atoms with E-state index < -0.39 is 18.5 Å². The average molecular weight is 385 g/mol. The Hall–Kier alpha value is -2.73. The fraction of sp³-hybridized carbons (Fsp3) is 0.0556. The molecule has 3 aromatic rings. The lowest BCUT2D eigenvalue weighted by molar-refractivity contribution is -0.121. The maximum Gasteiger partial charge on any atom is 0.339 e. The van der Waals surface area contributed by atoms with E-state index in [1.165, 1.54) is 0 Å². The third kappa shape index (κ3) is 3.44. The van der Waals surface area contributed by atoms with Crippen LogP contribution >= 0.6 is 15.9 Å². The number of primary amides is 1. The zero-order chi connectivity index (χ0) is 17.1. The van der Waals surface area contributed by atoms with Gasteiger partial charge in [0.1, 0.15) is 0 Å². The molecule has 2 N–H and O–H groups in total. The first-order chi connectivity index (χ1) is 11.5. The van der Waals surface area contributed by atoms with Gasteiger partial charge in [-0.25, -0.2) is 9.78 Å². The Morgan fingerprint density at radius 1 is 1.08 bits per heavy atom. The molecule has 120 valence electrons. The second-order valence-electron chi connectivity index (χ2n) is 5.12. The summed E-state index contributed by atoms with van der Waals surface area (Å²) in [5.41, 5.74) is 7.55. The molecular formula is C18H13BrN2O3. The minimum absolute atomic E-state index is 0.344. The van der Waals surface area contributed by atoms with Gasteiger partial charge in [0.25, 0.3) is 5.91 Å². The summed E-state index contributed by atoms with van der Waals surface area (Å²) < 4.78 is 5.87. The number of aromatic nitrogens is 1. The smallest absolute Gasteiger partial charge is 0.339 e. The molecule has 0 aliphatic rings. The Morgan fingerprint density at radius 3 is 2.62 bits per heavy atom. The molecule has 0 aliphatic heterocycles. The second-order valence-corrected chi connectivity index (χ2v) is 6.04. The molecule has 2 aromatic carbocycles. The maximum absolute atomic E-state index is 12.3. The first-order valence-electron chi connectivity index (χ1n) is 7.16. The highest BCUT2D eigenvalue weighted by Gasteiger charge is 2.16. The SMILES string of the molecule is NC(=O)COC(=O)c1cc(-c2cccc(Br)c2)nc2ccccc12. The van der Waals surface area contributed by atoms with E-state index in [-0.39, 0.29) is 0 Å². The van der Waals surface area contributed by atoms with Crippen molar-refractivity contribution < 1.29 is 14.3 Å². The van der Waals surface area contributed by atoms with Crippen molar-refractivity contribution in [2.24, 2.45) is 5.73 Å². The van der Waals surface area contributed by atoms with E-state index in [1.807, 2.05) is 42.5 Å². The van der Waals surface area contributed by atoms with Gasteiger partial charge in [0.05, 0.1) is 16.8 Å². The van der Waals surface area contributed by atoms with Crippen molar-refractivity contribution in [1.29, 1.82) is 0 Å². The van der Waals surface area contributed by atoms with Gasteiger partial charge in [-0.1, -0.05) is 46.3 Å². The van der Waals surface area contributed by atoms with Crippen molar-refractivity contribution in [3.05, 3.63) is 64.6 Å². The topological polar surface area (TPSA) is 82.3 Å². The quantitative estimate of drug-likeness (QED) is 0.699. The van der Waals surface area contributed by atoms with E-state index in [2.05, 4.69) is 20.9 Å². The van der Waals surface area contributed by atoms with Gasteiger partial charge >= 0.3 is 5.97 Å². The Kier molecular flexibility index (Phi) is 4.57. The molecule has 24 heavy (non-hydrogen) atoms. The van der Waals surface area contributed by atoms with Gasteiger partial charge in [-0.05, 0) is 24.3 Å². The van der Waals surface area contributed by atoms with Crippen LogP contribution < -0.4 is 5.73 Å². The van der Waals surface area contributed by atoms with Crippen molar-refractivity contribution >= 4 is 38.7 Å². The standard InChI is InChI=1S/C18H13BrN2O3/c19-12-5-3-4-11(8-12)16-9-14(18(23)24-10-17(20)22)13-6-1-2-7-15(13)21-16/h1-9H,10H2,(H2,20,22). The van der Waals surface area contributed by atoms with Gasteiger partial charge in [-0.3, -0.25) is 4.79 Å². The summed E-state index contributed by atoms with van der Waals surface area (Å²) in [5, 5.41) is 0.658. The van der Waals surface area contributed by atoms with Crippen molar-refractivity contribution in [3.63, 3.8) is 0 Å². The van der Waals surface area contributed by atoms with E-state index in [0.29, 0.717) is 22.2 Å². The molecule has 0 saturated carbocycles. The number of nitrogens with zero attached hydrogens (tertiary/aromatic N) is 1. The van der Waals surface area contributed by atoms with E-state index in [9.17, 15) is 9.59 Å². The normalized spacial score (nSPS) is 10.5. The number of esters is 1. The second kappa shape index (κ2) is 6.80. The summed E-state index contributed by atoms with van der Waals surface area (Å²) in [6.45, 7) is -0.457. The molecular weight excluding hydrogens is 372 g/mol. The zero-order valence-corrected chi connectivity index (χ0v) is 14.1. The number of pyridine rings is 1. The third-order valence-electron chi connectivity index (χ3n) is 3.40. The van der Waals surface area contributed by atoms with Crippen LogP contribution in [0.4, 0.5) is 0 Å². The first kappa shape index (κ1) is 16.1. The van der Waals surface area contributed by atoms with Crippen LogP contribution in [0.25, 0.3) is 22.2 Å². The number of benzene rings is 2. The van der Waals surface area contributed by atoms with Gasteiger partial charge in [-0.15, -0.1) is 0 Å². The molecule has 0 unspecified atom stereocenters. The zero-order valence-electron chi connectivity index (χ0n) is 12.5. The predicted octanol–water partition coefficient (Wildman–Crippen LogP) is 3.31. The molecule has 0 bridgehead atoms. The highest BCUT2D eigenvalue weighted by atomic mass is 79.9. The number of hydrogen-bond acceptors (Lipinski definition) is 4. The van der Waals surface area contributed by atoms with Crippen LogP contribution in [0.2, 0.25) is 0 Å². The highest BCUT2D eigenvalue weighted by molar-refractivity contribution is 9.10. The minimum atomic E-state index is -0.700. The summed E-state index contributed by atoms with van der Waals surface area (Å²) in [7, 11) is 0. The Labute approximate surface area is 146 Å². The number of fused-ring (bicyclic) bond motifs is 1. The monoisotopic (exact) mass is 384 g/mol. The fourth-order valence-electron chi connectivity index (χ4n) is 2.35. The minimum Gasteiger partial charge on any atom is -0.452 e. The largest absolute Gasteiger partial charge is 0.452 e. The number of carbonyl (C=O) groups excluding carboxylic acids is 2. The van der Waals surface area contributed by atoms with Crippen LogP contribution in [-0.2, 0) is 9.53 Å². The van der Waals surface area contributed by atoms with Gasteiger partial charge in [-0.2, -0.15) is 0 Å². The molecule has 0 spiro atoms. The molecule has 5 nitrogen and oxygen atoms in total. The van der Waals surface area contributed by atoms with Crippen molar-refractivity contribution in [1.82, 2.24) is 4.98 Å². The molecule has 1 aromatic heterocycles. The van der Waals surface area contributed by atoms with E-state index >= 15 is 0 Å². The lowest BCUT2D eigenvalue weighted by Crippen LogP contribution is -2.21. The molecule has 0 fully saturated rings.